The molecule has 2 N–H and O–H groups in total. The van der Waals surface area contributed by atoms with Crippen molar-refractivity contribution in [2.24, 2.45) is 0 Å². The molecule has 2 aromatic rings. The predicted octanol–water partition coefficient (Wildman–Crippen LogP) is 4.47. The van der Waals surface area contributed by atoms with E-state index < -0.39 is 0 Å². The highest BCUT2D eigenvalue weighted by Gasteiger charge is 2.18. The van der Waals surface area contributed by atoms with E-state index in [2.05, 4.69) is 27.5 Å². The molecule has 0 radical (unpaired) electrons. The van der Waals surface area contributed by atoms with E-state index in [1.165, 1.54) is 0 Å². The standard InChI is InChI=1S/C20H25ClN4O2.ClH/c1-14-4-5-15(12-17(14)21)22-20(26)23-16-6-7-19(27-3)18(13-16)25-10-8-24(2)9-11-25;/h4-7,12-13H,8-11H2,1-3H3,(H2,22,23,26);1H. The molecular formula is C20H26Cl2N4O2. The number of amides is 2. The Morgan fingerprint density at radius 2 is 1.64 bits per heavy atom. The molecule has 3 rings (SSSR count). The summed E-state index contributed by atoms with van der Waals surface area (Å²) in [5.74, 6) is 0.802. The number of benzene rings is 2. The van der Waals surface area contributed by atoms with Gasteiger partial charge in [-0.1, -0.05) is 17.7 Å². The summed E-state index contributed by atoms with van der Waals surface area (Å²) in [6.07, 6.45) is 0. The number of ether oxygens (including phenoxy) is 1. The van der Waals surface area contributed by atoms with Gasteiger partial charge in [0.05, 0.1) is 12.8 Å². The number of methoxy groups -OCH3 is 1. The number of aryl methyl sites for hydroxylation is 1. The monoisotopic (exact) mass is 424 g/mol. The Morgan fingerprint density at radius 3 is 2.25 bits per heavy atom. The summed E-state index contributed by atoms with van der Waals surface area (Å²) in [4.78, 5) is 16.9. The van der Waals surface area contributed by atoms with Crippen molar-refractivity contribution < 1.29 is 9.53 Å². The molecular weight excluding hydrogens is 399 g/mol. The van der Waals surface area contributed by atoms with E-state index in [1.807, 2.05) is 37.3 Å². The second-order valence-electron chi connectivity index (χ2n) is 6.72. The zero-order valence-electron chi connectivity index (χ0n) is 16.3. The summed E-state index contributed by atoms with van der Waals surface area (Å²) in [6.45, 7) is 5.75. The molecule has 2 amide bonds. The minimum Gasteiger partial charge on any atom is -0.495 e. The number of anilines is 3. The zero-order valence-corrected chi connectivity index (χ0v) is 17.9. The van der Waals surface area contributed by atoms with Crippen LogP contribution in [0, 0.1) is 6.92 Å². The third-order valence-corrected chi connectivity index (χ3v) is 5.12. The van der Waals surface area contributed by atoms with Gasteiger partial charge in [-0.05, 0) is 49.9 Å². The molecule has 0 spiro atoms. The fourth-order valence-electron chi connectivity index (χ4n) is 3.03. The van der Waals surface area contributed by atoms with Gasteiger partial charge in [0.15, 0.2) is 0 Å². The summed E-state index contributed by atoms with van der Waals surface area (Å²) < 4.78 is 5.51. The number of likely N-dealkylation sites (N-methyl/N-ethyl adjacent to an activating group) is 1. The van der Waals surface area contributed by atoms with Crippen molar-refractivity contribution in [3.63, 3.8) is 0 Å². The number of halogens is 2. The minimum absolute atomic E-state index is 0. The van der Waals surface area contributed by atoms with Crippen LogP contribution in [0.25, 0.3) is 0 Å². The lowest BCUT2D eigenvalue weighted by Gasteiger charge is -2.34. The maximum Gasteiger partial charge on any atom is 0.323 e. The Labute approximate surface area is 177 Å². The van der Waals surface area contributed by atoms with Gasteiger partial charge in [0.2, 0.25) is 0 Å². The lowest BCUT2D eigenvalue weighted by Crippen LogP contribution is -2.44. The van der Waals surface area contributed by atoms with Crippen molar-refractivity contribution in [1.29, 1.82) is 0 Å². The second-order valence-corrected chi connectivity index (χ2v) is 7.13. The molecule has 6 nitrogen and oxygen atoms in total. The van der Waals surface area contributed by atoms with Crippen LogP contribution in [-0.2, 0) is 0 Å². The van der Waals surface area contributed by atoms with E-state index in [-0.39, 0.29) is 18.4 Å². The Balaban J connectivity index is 0.00000280. The number of hydrogen-bond donors (Lipinski definition) is 2. The molecule has 8 heteroatoms. The zero-order chi connectivity index (χ0) is 19.4. The summed E-state index contributed by atoms with van der Waals surface area (Å²) in [5.41, 5.74) is 3.31. The van der Waals surface area contributed by atoms with Gasteiger partial charge in [-0.15, -0.1) is 12.4 Å². The molecule has 0 bridgehead atoms. The smallest absolute Gasteiger partial charge is 0.323 e. The summed E-state index contributed by atoms with van der Waals surface area (Å²) in [6, 6.07) is 10.8. The number of urea groups is 1. The number of piperazine rings is 1. The van der Waals surface area contributed by atoms with Crippen molar-refractivity contribution in [3.8, 4) is 5.75 Å². The number of nitrogens with one attached hydrogen (secondary N) is 2. The first-order chi connectivity index (χ1) is 13.0. The van der Waals surface area contributed by atoms with Gasteiger partial charge in [-0.3, -0.25) is 0 Å². The molecule has 1 aliphatic rings. The summed E-state index contributed by atoms with van der Waals surface area (Å²) >= 11 is 6.11. The Kier molecular flexibility index (Phi) is 7.80. The highest BCUT2D eigenvalue weighted by molar-refractivity contribution is 6.31. The van der Waals surface area contributed by atoms with Gasteiger partial charge < -0.3 is 25.2 Å². The van der Waals surface area contributed by atoms with Crippen LogP contribution in [0.1, 0.15) is 5.56 Å². The number of carbonyl (C=O) groups excluding carboxylic acids is 1. The van der Waals surface area contributed by atoms with Gasteiger partial charge in [0, 0.05) is 42.6 Å². The molecule has 152 valence electrons. The molecule has 0 aliphatic carbocycles. The van der Waals surface area contributed by atoms with Crippen LogP contribution in [0.5, 0.6) is 5.75 Å². The van der Waals surface area contributed by atoms with Crippen molar-refractivity contribution in [1.82, 2.24) is 4.90 Å². The average molecular weight is 425 g/mol. The molecule has 1 aliphatic heterocycles. The molecule has 0 atom stereocenters. The van der Waals surface area contributed by atoms with Crippen molar-refractivity contribution in [3.05, 3.63) is 47.0 Å². The summed E-state index contributed by atoms with van der Waals surface area (Å²) in [5, 5.41) is 6.30. The highest BCUT2D eigenvalue weighted by atomic mass is 35.5. The lowest BCUT2D eigenvalue weighted by atomic mass is 10.2. The van der Waals surface area contributed by atoms with E-state index in [9.17, 15) is 4.79 Å². The Bertz CT molecular complexity index is 824. The predicted molar refractivity (Wildman–Crippen MR) is 119 cm³/mol. The van der Waals surface area contributed by atoms with E-state index in [0.29, 0.717) is 16.4 Å². The van der Waals surface area contributed by atoms with E-state index in [0.717, 1.165) is 43.2 Å². The number of hydrogen-bond acceptors (Lipinski definition) is 4. The molecule has 1 saturated heterocycles. The third kappa shape index (κ3) is 5.44. The van der Waals surface area contributed by atoms with Gasteiger partial charge in [0.25, 0.3) is 0 Å². The topological polar surface area (TPSA) is 56.8 Å². The van der Waals surface area contributed by atoms with Crippen LogP contribution in [-0.4, -0.2) is 51.3 Å². The normalized spacial score (nSPS) is 14.2. The largest absolute Gasteiger partial charge is 0.495 e. The van der Waals surface area contributed by atoms with Crippen molar-refractivity contribution >= 4 is 47.1 Å². The van der Waals surface area contributed by atoms with Crippen LogP contribution >= 0.6 is 24.0 Å². The molecule has 0 aromatic heterocycles. The molecule has 0 unspecified atom stereocenters. The minimum atomic E-state index is -0.315. The van der Waals surface area contributed by atoms with Crippen LogP contribution in [0.2, 0.25) is 5.02 Å². The molecule has 28 heavy (non-hydrogen) atoms. The molecule has 0 saturated carbocycles. The first-order valence-corrected chi connectivity index (χ1v) is 9.30. The molecule has 2 aromatic carbocycles. The van der Waals surface area contributed by atoms with Crippen LogP contribution < -0.4 is 20.3 Å². The quantitative estimate of drug-likeness (QED) is 0.759. The lowest BCUT2D eigenvalue weighted by molar-refractivity contribution is 0.262. The van der Waals surface area contributed by atoms with E-state index in [4.69, 9.17) is 16.3 Å². The number of nitrogens with zero attached hydrogens (tertiary/aromatic N) is 2. The number of rotatable bonds is 4. The third-order valence-electron chi connectivity index (χ3n) is 4.71. The maximum absolute atomic E-state index is 12.3. The molecule has 1 heterocycles. The SMILES string of the molecule is COc1ccc(NC(=O)Nc2ccc(C)c(Cl)c2)cc1N1CCN(C)CC1.Cl. The van der Waals surface area contributed by atoms with E-state index in [1.54, 1.807) is 13.2 Å². The maximum atomic E-state index is 12.3. The average Bonchev–Trinajstić information content (AvgIpc) is 2.65. The second kappa shape index (κ2) is 9.87. The van der Waals surface area contributed by atoms with Crippen LogP contribution in [0.4, 0.5) is 21.9 Å². The molecule has 1 fully saturated rings. The Morgan fingerprint density at radius 1 is 1.04 bits per heavy atom. The Hall–Kier alpha value is -2.15. The van der Waals surface area contributed by atoms with Gasteiger partial charge in [-0.2, -0.15) is 0 Å². The van der Waals surface area contributed by atoms with Crippen LogP contribution in [0.3, 0.4) is 0 Å². The highest BCUT2D eigenvalue weighted by Crippen LogP contribution is 2.32. The van der Waals surface area contributed by atoms with Gasteiger partial charge in [-0.25, -0.2) is 4.79 Å². The van der Waals surface area contributed by atoms with Crippen molar-refractivity contribution in [2.45, 2.75) is 6.92 Å². The van der Waals surface area contributed by atoms with Crippen molar-refractivity contribution in [2.75, 3.05) is 55.9 Å². The van der Waals surface area contributed by atoms with E-state index >= 15 is 0 Å². The van der Waals surface area contributed by atoms with Crippen LogP contribution in [0.15, 0.2) is 36.4 Å². The van der Waals surface area contributed by atoms with Gasteiger partial charge in [0.1, 0.15) is 5.75 Å². The fraction of sp³-hybridized carbons (Fsp3) is 0.350. The first kappa shape index (κ1) is 22.1. The number of carbonyl (C=O) groups is 1. The fourth-order valence-corrected chi connectivity index (χ4v) is 3.21. The van der Waals surface area contributed by atoms with Gasteiger partial charge >= 0.3 is 6.03 Å². The summed E-state index contributed by atoms with van der Waals surface area (Å²) in [7, 11) is 3.78. The first-order valence-electron chi connectivity index (χ1n) is 8.92.